The number of alkyl halides is 1. The van der Waals surface area contributed by atoms with Crippen molar-refractivity contribution in [2.24, 2.45) is 0 Å². The first kappa shape index (κ1) is 14.9. The van der Waals surface area contributed by atoms with Crippen LogP contribution in [0.5, 0.6) is 5.75 Å². The third-order valence-corrected chi connectivity index (χ3v) is 4.65. The molecule has 0 saturated carbocycles. The van der Waals surface area contributed by atoms with Crippen LogP contribution < -0.4 is 9.64 Å². The molecule has 1 heterocycles. The van der Waals surface area contributed by atoms with Crippen LogP contribution in [-0.4, -0.2) is 27.4 Å². The molecule has 0 aliphatic rings. The average molecular weight is 314 g/mol. The molecule has 0 unspecified atom stereocenters. The van der Waals surface area contributed by atoms with E-state index in [0.29, 0.717) is 0 Å². The number of hydrogen-bond donors (Lipinski definition) is 0. The SMILES string of the molecule is CN(C)c1ccc(-c2cc3ccc(OCC[18F])cc3s2)cc1. The topological polar surface area (TPSA) is 12.5 Å². The molecule has 2 nitrogen and oxygen atoms in total. The van der Waals surface area contributed by atoms with Gasteiger partial charge in [-0.15, -0.1) is 11.3 Å². The zero-order valence-corrected chi connectivity index (χ0v) is 13.5. The summed E-state index contributed by atoms with van der Waals surface area (Å²) in [6.07, 6.45) is 0. The number of fused-ring (bicyclic) bond motifs is 1. The van der Waals surface area contributed by atoms with E-state index in [2.05, 4.69) is 35.2 Å². The third-order valence-electron chi connectivity index (χ3n) is 3.51. The van der Waals surface area contributed by atoms with Gasteiger partial charge in [-0.25, -0.2) is 4.39 Å². The van der Waals surface area contributed by atoms with Crippen molar-refractivity contribution in [1.29, 1.82) is 0 Å². The summed E-state index contributed by atoms with van der Waals surface area (Å²) in [4.78, 5) is 3.31. The monoisotopic (exact) mass is 314 g/mol. The molecule has 0 radical (unpaired) electrons. The molecule has 0 fully saturated rings. The zero-order valence-electron chi connectivity index (χ0n) is 12.7. The lowest BCUT2D eigenvalue weighted by Gasteiger charge is -2.12. The largest absolute Gasteiger partial charge is 0.491 e. The van der Waals surface area contributed by atoms with Crippen molar-refractivity contribution in [3.63, 3.8) is 0 Å². The van der Waals surface area contributed by atoms with Gasteiger partial charge in [0.25, 0.3) is 0 Å². The first-order chi connectivity index (χ1) is 10.7. The number of rotatable bonds is 5. The van der Waals surface area contributed by atoms with Crippen LogP contribution in [0.15, 0.2) is 48.5 Å². The summed E-state index contributed by atoms with van der Waals surface area (Å²) in [5, 5.41) is 1.18. The van der Waals surface area contributed by atoms with E-state index in [-0.39, 0.29) is 6.61 Å². The van der Waals surface area contributed by atoms with Gasteiger partial charge in [-0.3, -0.25) is 0 Å². The molecule has 114 valence electrons. The van der Waals surface area contributed by atoms with Gasteiger partial charge in [0.2, 0.25) is 0 Å². The molecular weight excluding hydrogens is 296 g/mol. The van der Waals surface area contributed by atoms with Crippen LogP contribution >= 0.6 is 11.3 Å². The Hall–Kier alpha value is -2.07. The predicted octanol–water partition coefficient (Wildman–Crippen LogP) is 4.98. The highest BCUT2D eigenvalue weighted by atomic mass is 32.1. The highest BCUT2D eigenvalue weighted by molar-refractivity contribution is 7.22. The molecule has 0 saturated heterocycles. The lowest BCUT2D eigenvalue weighted by Crippen LogP contribution is -2.07. The third kappa shape index (κ3) is 3.07. The van der Waals surface area contributed by atoms with Crippen LogP contribution in [0.1, 0.15) is 0 Å². The Bertz CT molecular complexity index is 764. The quantitative estimate of drug-likeness (QED) is 0.658. The van der Waals surface area contributed by atoms with Crippen molar-refractivity contribution >= 4 is 27.1 Å². The van der Waals surface area contributed by atoms with Gasteiger partial charge in [0.1, 0.15) is 19.0 Å². The Kier molecular flexibility index (Phi) is 4.29. The number of ether oxygens (including phenoxy) is 1. The molecule has 0 aliphatic carbocycles. The van der Waals surface area contributed by atoms with Crippen molar-refractivity contribution in [2.75, 3.05) is 32.3 Å². The minimum atomic E-state index is -0.466. The number of anilines is 1. The van der Waals surface area contributed by atoms with Crippen LogP contribution in [-0.2, 0) is 0 Å². The fourth-order valence-corrected chi connectivity index (χ4v) is 3.42. The van der Waals surface area contributed by atoms with Crippen LogP contribution in [0.25, 0.3) is 20.5 Å². The Morgan fingerprint density at radius 3 is 2.50 bits per heavy atom. The summed E-state index contributed by atoms with van der Waals surface area (Å²) in [5.41, 5.74) is 2.39. The second-order valence-corrected chi connectivity index (χ2v) is 6.37. The molecule has 0 spiro atoms. The number of nitrogens with zero attached hydrogens (tertiary/aromatic N) is 1. The molecular formula is C18H18FNOS. The molecule has 0 N–H and O–H groups in total. The second kappa shape index (κ2) is 6.36. The van der Waals surface area contributed by atoms with Gasteiger partial charge >= 0.3 is 0 Å². The standard InChI is InChI=1S/C18H18FNOS/c1-20(2)15-6-3-13(4-7-15)17-11-14-5-8-16(21-10-9-19)12-18(14)22-17/h3-8,11-12H,9-10H2,1-2H3/i19-1. The molecule has 4 heteroatoms. The van der Waals surface area contributed by atoms with E-state index in [4.69, 9.17) is 4.74 Å². The van der Waals surface area contributed by atoms with Crippen molar-refractivity contribution in [3.8, 4) is 16.2 Å². The summed E-state index contributed by atoms with van der Waals surface area (Å²) < 4.78 is 18.7. The fourth-order valence-electron chi connectivity index (χ4n) is 2.32. The van der Waals surface area contributed by atoms with Gasteiger partial charge in [-0.2, -0.15) is 0 Å². The lowest BCUT2D eigenvalue weighted by atomic mass is 10.1. The summed E-state index contributed by atoms with van der Waals surface area (Å²) in [5.74, 6) is 0.724. The van der Waals surface area contributed by atoms with E-state index in [0.717, 1.165) is 10.4 Å². The van der Waals surface area contributed by atoms with Gasteiger partial charge in [-0.05, 0) is 47.3 Å². The lowest BCUT2D eigenvalue weighted by molar-refractivity contribution is 0.273. The van der Waals surface area contributed by atoms with E-state index < -0.39 is 6.67 Å². The minimum absolute atomic E-state index is 0.107. The Morgan fingerprint density at radius 1 is 1.05 bits per heavy atom. The van der Waals surface area contributed by atoms with E-state index >= 15 is 0 Å². The summed E-state index contributed by atoms with van der Waals surface area (Å²) in [6.45, 7) is -0.359. The molecule has 3 rings (SSSR count). The molecule has 22 heavy (non-hydrogen) atoms. The van der Waals surface area contributed by atoms with Crippen molar-refractivity contribution in [3.05, 3.63) is 48.5 Å². The van der Waals surface area contributed by atoms with Crippen molar-refractivity contribution < 1.29 is 9.13 Å². The first-order valence-electron chi connectivity index (χ1n) is 7.17. The number of halogens is 1. The maximum atomic E-state index is 12.2. The Morgan fingerprint density at radius 2 is 1.82 bits per heavy atom. The van der Waals surface area contributed by atoms with Crippen LogP contribution in [0.2, 0.25) is 0 Å². The smallest absolute Gasteiger partial charge is 0.123 e. The Labute approximate surface area is 133 Å². The normalized spacial score (nSPS) is 10.9. The summed E-state index contributed by atoms with van der Waals surface area (Å²) in [7, 11) is 4.07. The molecule has 3 aromatic rings. The van der Waals surface area contributed by atoms with Gasteiger partial charge in [0.05, 0.1) is 0 Å². The van der Waals surface area contributed by atoms with E-state index in [1.54, 1.807) is 11.3 Å². The molecule has 0 aliphatic heterocycles. The van der Waals surface area contributed by atoms with Gasteiger partial charge in [0.15, 0.2) is 0 Å². The second-order valence-electron chi connectivity index (χ2n) is 5.29. The van der Waals surface area contributed by atoms with Gasteiger partial charge < -0.3 is 9.64 Å². The molecule has 0 amide bonds. The maximum absolute atomic E-state index is 12.2. The van der Waals surface area contributed by atoms with Crippen molar-refractivity contribution in [2.45, 2.75) is 0 Å². The van der Waals surface area contributed by atoms with Crippen molar-refractivity contribution in [1.82, 2.24) is 0 Å². The van der Waals surface area contributed by atoms with Gasteiger partial charge in [-0.1, -0.05) is 12.1 Å². The number of benzene rings is 2. The van der Waals surface area contributed by atoms with Crippen LogP contribution in [0, 0.1) is 0 Å². The maximum Gasteiger partial charge on any atom is 0.123 e. The molecule has 1 aromatic heterocycles. The zero-order chi connectivity index (χ0) is 15.5. The predicted molar refractivity (Wildman–Crippen MR) is 93.1 cm³/mol. The van der Waals surface area contributed by atoms with E-state index in [1.807, 2.05) is 32.3 Å². The summed E-state index contributed by atoms with van der Waals surface area (Å²) >= 11 is 1.72. The molecule has 2 aromatic carbocycles. The van der Waals surface area contributed by atoms with E-state index in [1.165, 1.54) is 21.5 Å². The molecule has 0 atom stereocenters. The average Bonchev–Trinajstić information content (AvgIpc) is 2.96. The number of hydrogen-bond acceptors (Lipinski definition) is 3. The van der Waals surface area contributed by atoms with E-state index in [9.17, 15) is 4.39 Å². The Balaban J connectivity index is 1.90. The van der Waals surface area contributed by atoms with Gasteiger partial charge in [0, 0.05) is 29.4 Å². The molecule has 0 bridgehead atoms. The first-order valence-corrected chi connectivity index (χ1v) is 7.99. The number of thiophene rings is 1. The minimum Gasteiger partial charge on any atom is -0.491 e. The summed E-state index contributed by atoms with van der Waals surface area (Å²) in [6, 6.07) is 16.6. The van der Waals surface area contributed by atoms with Crippen LogP contribution in [0.3, 0.4) is 0 Å². The highest BCUT2D eigenvalue weighted by Crippen LogP contribution is 2.35. The van der Waals surface area contributed by atoms with Crippen LogP contribution in [0.4, 0.5) is 10.1 Å². The fraction of sp³-hybridized carbons (Fsp3) is 0.222. The highest BCUT2D eigenvalue weighted by Gasteiger charge is 2.06.